The van der Waals surface area contributed by atoms with Crippen molar-refractivity contribution in [1.82, 2.24) is 4.90 Å². The van der Waals surface area contributed by atoms with Crippen LogP contribution in [0, 0.1) is 0 Å². The van der Waals surface area contributed by atoms with Gasteiger partial charge in [0.25, 0.3) is 11.7 Å². The SMILES string of the molecule is CCOc1ccc(C2/C(=C(\O)c3ccc(OC(C)C)cc3)C(=O)C(=O)N2CCCOC)cc1OC. The van der Waals surface area contributed by atoms with E-state index in [0.29, 0.717) is 48.0 Å². The zero-order valence-corrected chi connectivity index (χ0v) is 20.9. The molecule has 8 nitrogen and oxygen atoms in total. The Morgan fingerprint density at radius 2 is 1.77 bits per heavy atom. The Kier molecular flexibility index (Phi) is 8.76. The van der Waals surface area contributed by atoms with Crippen molar-refractivity contribution >= 4 is 17.4 Å². The van der Waals surface area contributed by atoms with Crippen LogP contribution in [0.2, 0.25) is 0 Å². The molecule has 2 aromatic rings. The number of hydrogen-bond acceptors (Lipinski definition) is 7. The van der Waals surface area contributed by atoms with E-state index >= 15 is 0 Å². The second kappa shape index (κ2) is 11.8. The van der Waals surface area contributed by atoms with Crippen LogP contribution in [0.25, 0.3) is 5.76 Å². The van der Waals surface area contributed by atoms with Crippen LogP contribution < -0.4 is 14.2 Å². The number of amides is 1. The molecule has 0 radical (unpaired) electrons. The van der Waals surface area contributed by atoms with E-state index in [1.165, 1.54) is 12.0 Å². The fourth-order valence-corrected chi connectivity index (χ4v) is 4.08. The molecule has 8 heteroatoms. The van der Waals surface area contributed by atoms with Crippen molar-refractivity contribution < 1.29 is 33.6 Å². The number of Topliss-reactive ketones (excluding diaryl/α,β-unsaturated/α-hetero) is 1. The lowest BCUT2D eigenvalue weighted by atomic mass is 9.95. The first-order valence-corrected chi connectivity index (χ1v) is 11.7. The zero-order chi connectivity index (χ0) is 25.5. The first kappa shape index (κ1) is 26.1. The molecule has 0 saturated carbocycles. The molecular formula is C27H33NO7. The van der Waals surface area contributed by atoms with Crippen LogP contribution in [0.1, 0.15) is 44.4 Å². The van der Waals surface area contributed by atoms with Crippen molar-refractivity contribution in [2.24, 2.45) is 0 Å². The molecule has 3 rings (SSSR count). The topological polar surface area (TPSA) is 94.5 Å². The molecule has 1 heterocycles. The molecule has 1 aliphatic heterocycles. The lowest BCUT2D eigenvalue weighted by molar-refractivity contribution is -0.140. The third-order valence-corrected chi connectivity index (χ3v) is 5.59. The quantitative estimate of drug-likeness (QED) is 0.220. The van der Waals surface area contributed by atoms with E-state index < -0.39 is 17.7 Å². The number of ether oxygens (including phenoxy) is 4. The minimum Gasteiger partial charge on any atom is -0.507 e. The molecule has 0 bridgehead atoms. The van der Waals surface area contributed by atoms with Gasteiger partial charge in [0.05, 0.1) is 31.4 Å². The molecule has 1 atom stereocenters. The summed E-state index contributed by atoms with van der Waals surface area (Å²) in [7, 11) is 3.10. The van der Waals surface area contributed by atoms with Crippen molar-refractivity contribution in [3.8, 4) is 17.2 Å². The third kappa shape index (κ3) is 5.77. The molecule has 1 amide bonds. The highest BCUT2D eigenvalue weighted by molar-refractivity contribution is 6.46. The van der Waals surface area contributed by atoms with E-state index in [9.17, 15) is 14.7 Å². The van der Waals surface area contributed by atoms with Gasteiger partial charge < -0.3 is 29.0 Å². The molecule has 0 spiro atoms. The van der Waals surface area contributed by atoms with Gasteiger partial charge >= 0.3 is 0 Å². The average molecular weight is 484 g/mol. The highest BCUT2D eigenvalue weighted by atomic mass is 16.5. The summed E-state index contributed by atoms with van der Waals surface area (Å²) >= 11 is 0. The molecule has 1 fully saturated rings. The van der Waals surface area contributed by atoms with Crippen LogP contribution in [0.15, 0.2) is 48.0 Å². The second-order valence-electron chi connectivity index (χ2n) is 8.37. The molecule has 2 aromatic carbocycles. The number of nitrogens with zero attached hydrogens (tertiary/aromatic N) is 1. The largest absolute Gasteiger partial charge is 0.507 e. The van der Waals surface area contributed by atoms with E-state index in [2.05, 4.69) is 0 Å². The summed E-state index contributed by atoms with van der Waals surface area (Å²) in [5, 5.41) is 11.2. The lowest BCUT2D eigenvalue weighted by Gasteiger charge is -2.26. The van der Waals surface area contributed by atoms with Gasteiger partial charge in [-0.3, -0.25) is 9.59 Å². The fourth-order valence-electron chi connectivity index (χ4n) is 4.08. The molecule has 0 aromatic heterocycles. The van der Waals surface area contributed by atoms with Crippen LogP contribution in [0.3, 0.4) is 0 Å². The number of ketones is 1. The molecule has 1 unspecified atom stereocenters. The molecule has 35 heavy (non-hydrogen) atoms. The summed E-state index contributed by atoms with van der Waals surface area (Å²) in [6.45, 7) is 6.89. The number of benzene rings is 2. The number of hydrogen-bond donors (Lipinski definition) is 1. The van der Waals surface area contributed by atoms with Crippen LogP contribution in [-0.2, 0) is 14.3 Å². The van der Waals surface area contributed by atoms with E-state index in [1.807, 2.05) is 20.8 Å². The van der Waals surface area contributed by atoms with Crippen LogP contribution in [0.4, 0.5) is 0 Å². The predicted molar refractivity (Wildman–Crippen MR) is 132 cm³/mol. The van der Waals surface area contributed by atoms with Crippen molar-refractivity contribution in [2.75, 3.05) is 34.0 Å². The monoisotopic (exact) mass is 483 g/mol. The molecule has 1 saturated heterocycles. The van der Waals surface area contributed by atoms with Crippen LogP contribution in [0.5, 0.6) is 17.2 Å². The molecular weight excluding hydrogens is 450 g/mol. The van der Waals surface area contributed by atoms with Gasteiger partial charge in [0, 0.05) is 25.8 Å². The van der Waals surface area contributed by atoms with Crippen LogP contribution in [-0.4, -0.2) is 61.8 Å². The summed E-state index contributed by atoms with van der Waals surface area (Å²) < 4.78 is 21.9. The van der Waals surface area contributed by atoms with Crippen LogP contribution >= 0.6 is 0 Å². The van der Waals surface area contributed by atoms with Crippen molar-refractivity contribution in [1.29, 1.82) is 0 Å². The number of carbonyl (C=O) groups is 2. The number of rotatable bonds is 11. The minimum atomic E-state index is -0.789. The van der Waals surface area contributed by atoms with Gasteiger partial charge in [-0.1, -0.05) is 6.07 Å². The van der Waals surface area contributed by atoms with Gasteiger partial charge in [-0.05, 0) is 69.2 Å². The number of aliphatic hydroxyl groups excluding tert-OH is 1. The smallest absolute Gasteiger partial charge is 0.295 e. The van der Waals surface area contributed by atoms with E-state index in [0.717, 1.165) is 0 Å². The normalized spacial score (nSPS) is 17.2. The minimum absolute atomic E-state index is 0.00140. The molecule has 0 aliphatic carbocycles. The van der Waals surface area contributed by atoms with Gasteiger partial charge in [0.15, 0.2) is 11.5 Å². The maximum atomic E-state index is 13.2. The first-order valence-electron chi connectivity index (χ1n) is 11.7. The van der Waals surface area contributed by atoms with Crippen molar-refractivity contribution in [3.05, 3.63) is 59.2 Å². The Morgan fingerprint density at radius 3 is 2.37 bits per heavy atom. The summed E-state index contributed by atoms with van der Waals surface area (Å²) in [5.74, 6) is 0.0225. The Labute approximate surface area is 206 Å². The van der Waals surface area contributed by atoms with E-state index in [1.54, 1.807) is 49.6 Å². The Morgan fingerprint density at radius 1 is 1.06 bits per heavy atom. The third-order valence-electron chi connectivity index (χ3n) is 5.59. The van der Waals surface area contributed by atoms with Crippen molar-refractivity contribution in [3.63, 3.8) is 0 Å². The maximum absolute atomic E-state index is 13.2. The van der Waals surface area contributed by atoms with Gasteiger partial charge in [-0.15, -0.1) is 0 Å². The molecule has 1 N–H and O–H groups in total. The summed E-state index contributed by atoms with van der Waals surface area (Å²) in [4.78, 5) is 27.7. The summed E-state index contributed by atoms with van der Waals surface area (Å²) in [5.41, 5.74) is 1.07. The second-order valence-corrected chi connectivity index (χ2v) is 8.37. The summed E-state index contributed by atoms with van der Waals surface area (Å²) in [6, 6.07) is 11.2. The molecule has 1 aliphatic rings. The fraction of sp³-hybridized carbons (Fsp3) is 0.407. The summed E-state index contributed by atoms with van der Waals surface area (Å²) in [6.07, 6.45) is 0.539. The van der Waals surface area contributed by atoms with Gasteiger partial charge in [0.2, 0.25) is 0 Å². The lowest BCUT2D eigenvalue weighted by Crippen LogP contribution is -2.31. The van der Waals surface area contributed by atoms with E-state index in [4.69, 9.17) is 18.9 Å². The zero-order valence-electron chi connectivity index (χ0n) is 20.9. The Hall–Kier alpha value is -3.52. The Bertz CT molecular complexity index is 1080. The first-order chi connectivity index (χ1) is 16.8. The maximum Gasteiger partial charge on any atom is 0.295 e. The Balaban J connectivity index is 2.10. The predicted octanol–water partition coefficient (Wildman–Crippen LogP) is 4.34. The van der Waals surface area contributed by atoms with Gasteiger partial charge in [0.1, 0.15) is 11.5 Å². The standard InChI is InChI=1S/C27H33NO7/c1-6-34-21-13-10-19(16-22(21)33-5)24-23(26(30)27(31)28(24)14-7-15-32-4)25(29)18-8-11-20(12-9-18)35-17(2)3/h8-13,16-17,24,29H,6-7,14-15H2,1-5H3/b25-23+. The number of likely N-dealkylation sites (tertiary alicyclic amines) is 1. The number of carbonyl (C=O) groups excluding carboxylic acids is 2. The average Bonchev–Trinajstić information content (AvgIpc) is 3.09. The number of methoxy groups -OCH3 is 2. The van der Waals surface area contributed by atoms with Gasteiger partial charge in [-0.25, -0.2) is 0 Å². The van der Waals surface area contributed by atoms with E-state index in [-0.39, 0.29) is 24.0 Å². The number of aliphatic hydroxyl groups is 1. The highest BCUT2D eigenvalue weighted by Gasteiger charge is 2.46. The highest BCUT2D eigenvalue weighted by Crippen LogP contribution is 2.42. The molecule has 188 valence electrons. The van der Waals surface area contributed by atoms with Crippen molar-refractivity contribution in [2.45, 2.75) is 39.3 Å². The van der Waals surface area contributed by atoms with Gasteiger partial charge in [-0.2, -0.15) is 0 Å².